The van der Waals surface area contributed by atoms with Crippen molar-refractivity contribution in [2.45, 2.75) is 64.0 Å². The largest absolute Gasteiger partial charge is 0.393 e. The molecule has 28 heavy (non-hydrogen) atoms. The Kier molecular flexibility index (Phi) is 7.26. The third-order valence-electron chi connectivity index (χ3n) is 5.67. The lowest BCUT2D eigenvalue weighted by Gasteiger charge is -2.29. The molecular formula is C20H31ClN6O. The molecule has 7 nitrogen and oxygen atoms in total. The SMILES string of the molecule is Cc1c(-c2nc(N)ncc2Cl)cnn1C1CCN(C)CC1.OC1CCCCC1. The molecule has 1 aliphatic carbocycles. The number of aliphatic hydroxyl groups is 1. The van der Waals surface area contributed by atoms with Gasteiger partial charge in [-0.3, -0.25) is 4.68 Å². The van der Waals surface area contributed by atoms with E-state index < -0.39 is 0 Å². The van der Waals surface area contributed by atoms with Crippen LogP contribution in [-0.2, 0) is 0 Å². The molecule has 1 aliphatic heterocycles. The fraction of sp³-hybridized carbons (Fsp3) is 0.650. The van der Waals surface area contributed by atoms with Crippen molar-refractivity contribution in [1.29, 1.82) is 0 Å². The van der Waals surface area contributed by atoms with Crippen molar-refractivity contribution in [1.82, 2.24) is 24.6 Å². The van der Waals surface area contributed by atoms with Crippen molar-refractivity contribution in [3.8, 4) is 11.3 Å². The van der Waals surface area contributed by atoms with E-state index >= 15 is 0 Å². The summed E-state index contributed by atoms with van der Waals surface area (Å²) in [5.41, 5.74) is 8.32. The van der Waals surface area contributed by atoms with E-state index in [4.69, 9.17) is 22.4 Å². The molecule has 1 saturated heterocycles. The molecule has 0 aromatic carbocycles. The van der Waals surface area contributed by atoms with Crippen LogP contribution < -0.4 is 5.73 Å². The first kappa shape index (κ1) is 21.0. The maximum atomic E-state index is 8.91. The number of nitrogen functional groups attached to an aromatic ring is 1. The van der Waals surface area contributed by atoms with Gasteiger partial charge in [-0.2, -0.15) is 5.10 Å². The summed E-state index contributed by atoms with van der Waals surface area (Å²) in [5, 5.41) is 14.0. The van der Waals surface area contributed by atoms with Gasteiger partial charge in [0.1, 0.15) is 0 Å². The Hall–Kier alpha value is -1.70. The number of aromatic nitrogens is 4. The Bertz CT molecular complexity index is 766. The topological polar surface area (TPSA) is 93.1 Å². The molecule has 0 unspecified atom stereocenters. The molecular weight excluding hydrogens is 376 g/mol. The molecule has 0 amide bonds. The van der Waals surface area contributed by atoms with E-state index in [0.29, 0.717) is 16.8 Å². The number of rotatable bonds is 2. The average molecular weight is 407 g/mol. The number of nitrogens with two attached hydrogens (primary N) is 1. The minimum atomic E-state index is 0.0359. The molecule has 2 aliphatic rings. The second-order valence-corrected chi connectivity index (χ2v) is 8.25. The van der Waals surface area contributed by atoms with E-state index in [9.17, 15) is 0 Å². The van der Waals surface area contributed by atoms with Crippen molar-refractivity contribution in [2.24, 2.45) is 0 Å². The van der Waals surface area contributed by atoms with Gasteiger partial charge in [0.2, 0.25) is 5.95 Å². The number of hydrogen-bond acceptors (Lipinski definition) is 6. The van der Waals surface area contributed by atoms with Crippen LogP contribution in [0.3, 0.4) is 0 Å². The quantitative estimate of drug-likeness (QED) is 0.793. The molecule has 154 valence electrons. The number of nitrogens with zero attached hydrogens (tertiary/aromatic N) is 5. The summed E-state index contributed by atoms with van der Waals surface area (Å²) in [6.45, 7) is 4.25. The molecule has 2 aromatic heterocycles. The lowest BCUT2D eigenvalue weighted by molar-refractivity contribution is 0.130. The van der Waals surface area contributed by atoms with Gasteiger partial charge in [0.25, 0.3) is 0 Å². The lowest BCUT2D eigenvalue weighted by Crippen LogP contribution is -2.32. The lowest BCUT2D eigenvalue weighted by atomic mass is 9.98. The minimum absolute atomic E-state index is 0.0359. The van der Waals surface area contributed by atoms with Crippen molar-refractivity contribution >= 4 is 17.5 Å². The summed E-state index contributed by atoms with van der Waals surface area (Å²) in [5.74, 6) is 0.223. The van der Waals surface area contributed by atoms with Crippen molar-refractivity contribution in [2.75, 3.05) is 25.9 Å². The second-order valence-electron chi connectivity index (χ2n) is 7.84. The van der Waals surface area contributed by atoms with E-state index in [2.05, 4.69) is 38.6 Å². The summed E-state index contributed by atoms with van der Waals surface area (Å²) >= 11 is 6.19. The first-order valence-corrected chi connectivity index (χ1v) is 10.5. The van der Waals surface area contributed by atoms with E-state index in [1.807, 2.05) is 6.20 Å². The standard InChI is InChI=1S/C14H19ClN6.C6H12O/c1-9-11(13-12(15)8-17-14(16)19-13)7-18-21(9)10-3-5-20(2)6-4-10;7-6-4-2-1-3-5-6/h7-8,10H,3-6H2,1-2H3,(H2,16,17,19);6-7H,1-5H2. The Morgan fingerprint density at radius 1 is 1.11 bits per heavy atom. The normalized spacial score (nSPS) is 19.3. The van der Waals surface area contributed by atoms with Crippen LogP contribution in [-0.4, -0.2) is 56.0 Å². The molecule has 1 saturated carbocycles. The van der Waals surface area contributed by atoms with Gasteiger partial charge in [0, 0.05) is 11.3 Å². The highest BCUT2D eigenvalue weighted by Crippen LogP contribution is 2.31. The van der Waals surface area contributed by atoms with Gasteiger partial charge in [-0.1, -0.05) is 30.9 Å². The van der Waals surface area contributed by atoms with Crippen LogP contribution in [0.25, 0.3) is 11.3 Å². The van der Waals surface area contributed by atoms with E-state index in [1.54, 1.807) is 0 Å². The van der Waals surface area contributed by atoms with Crippen LogP contribution in [0.1, 0.15) is 56.7 Å². The zero-order chi connectivity index (χ0) is 20.1. The van der Waals surface area contributed by atoms with Crippen LogP contribution in [0.5, 0.6) is 0 Å². The van der Waals surface area contributed by atoms with Crippen molar-refractivity contribution in [3.05, 3.63) is 23.1 Å². The molecule has 3 heterocycles. The van der Waals surface area contributed by atoms with Crippen LogP contribution >= 0.6 is 11.6 Å². The van der Waals surface area contributed by atoms with Gasteiger partial charge in [-0.05, 0) is 52.7 Å². The predicted octanol–water partition coefficient (Wildman–Crippen LogP) is 3.46. The smallest absolute Gasteiger partial charge is 0.220 e. The van der Waals surface area contributed by atoms with Crippen molar-refractivity contribution < 1.29 is 5.11 Å². The second kappa shape index (κ2) is 9.67. The van der Waals surface area contributed by atoms with E-state index in [-0.39, 0.29) is 12.1 Å². The van der Waals surface area contributed by atoms with Crippen LogP contribution in [0.2, 0.25) is 5.02 Å². The van der Waals surface area contributed by atoms with E-state index in [0.717, 1.165) is 50.0 Å². The average Bonchev–Trinajstić information content (AvgIpc) is 3.07. The molecule has 0 bridgehead atoms. The molecule has 8 heteroatoms. The number of hydrogen-bond donors (Lipinski definition) is 2. The maximum absolute atomic E-state index is 8.91. The Morgan fingerprint density at radius 2 is 1.79 bits per heavy atom. The minimum Gasteiger partial charge on any atom is -0.393 e. The van der Waals surface area contributed by atoms with Crippen LogP contribution in [0, 0.1) is 6.92 Å². The summed E-state index contributed by atoms with van der Waals surface area (Å²) in [6, 6.07) is 0.438. The Labute approximate surface area is 171 Å². The number of anilines is 1. The highest BCUT2D eigenvalue weighted by molar-refractivity contribution is 6.32. The third-order valence-corrected chi connectivity index (χ3v) is 5.95. The number of aliphatic hydroxyl groups excluding tert-OH is 1. The van der Waals surface area contributed by atoms with Crippen molar-refractivity contribution in [3.63, 3.8) is 0 Å². The van der Waals surface area contributed by atoms with Crippen LogP contribution in [0.15, 0.2) is 12.4 Å². The Morgan fingerprint density at radius 3 is 2.39 bits per heavy atom. The molecule has 2 fully saturated rings. The zero-order valence-corrected chi connectivity index (χ0v) is 17.6. The molecule has 3 N–H and O–H groups in total. The van der Waals surface area contributed by atoms with Gasteiger partial charge >= 0.3 is 0 Å². The first-order valence-electron chi connectivity index (χ1n) is 10.1. The molecule has 0 atom stereocenters. The van der Waals surface area contributed by atoms with Gasteiger partial charge in [0.05, 0.1) is 35.3 Å². The number of halogens is 1. The maximum Gasteiger partial charge on any atom is 0.220 e. The van der Waals surface area contributed by atoms with E-state index in [1.165, 1.54) is 25.5 Å². The highest BCUT2D eigenvalue weighted by atomic mass is 35.5. The number of piperidine rings is 1. The highest BCUT2D eigenvalue weighted by Gasteiger charge is 2.22. The Balaban J connectivity index is 0.000000271. The number of likely N-dealkylation sites (tertiary alicyclic amines) is 1. The monoisotopic (exact) mass is 406 g/mol. The summed E-state index contributed by atoms with van der Waals surface area (Å²) in [6.07, 6.45) is 11.5. The molecule has 4 rings (SSSR count). The summed E-state index contributed by atoms with van der Waals surface area (Å²) in [4.78, 5) is 10.5. The van der Waals surface area contributed by atoms with Crippen LogP contribution in [0.4, 0.5) is 5.95 Å². The molecule has 2 aromatic rings. The predicted molar refractivity (Wildman–Crippen MR) is 112 cm³/mol. The van der Waals surface area contributed by atoms with Gasteiger partial charge in [-0.15, -0.1) is 0 Å². The fourth-order valence-corrected chi connectivity index (χ4v) is 4.11. The summed E-state index contributed by atoms with van der Waals surface area (Å²) < 4.78 is 2.09. The molecule has 0 radical (unpaired) electrons. The fourth-order valence-electron chi connectivity index (χ4n) is 3.91. The van der Waals surface area contributed by atoms with Gasteiger partial charge < -0.3 is 15.7 Å². The zero-order valence-electron chi connectivity index (χ0n) is 16.8. The summed E-state index contributed by atoms with van der Waals surface area (Å²) in [7, 11) is 2.15. The van der Waals surface area contributed by atoms with Gasteiger partial charge in [-0.25, -0.2) is 9.97 Å². The van der Waals surface area contributed by atoms with Gasteiger partial charge in [0.15, 0.2) is 0 Å². The third kappa shape index (κ3) is 5.21. The molecule has 0 spiro atoms. The first-order chi connectivity index (χ1) is 13.5.